The Morgan fingerprint density at radius 1 is 1.20 bits per heavy atom. The quantitative estimate of drug-likeness (QED) is 0.899. The Morgan fingerprint density at radius 2 is 1.90 bits per heavy atom. The van der Waals surface area contributed by atoms with Gasteiger partial charge in [0.15, 0.2) is 0 Å². The largest absolute Gasteiger partial charge is 0.294 e. The number of benzene rings is 1. The first-order valence-corrected chi connectivity index (χ1v) is 7.30. The molecule has 2 rings (SSSR count). The van der Waals surface area contributed by atoms with Crippen molar-refractivity contribution in [2.24, 2.45) is 5.92 Å². The SMILES string of the molecule is Cc1cccc(-c2[nH]n(C(C)C)c(=O)c2CC(C)C)c1. The van der Waals surface area contributed by atoms with Gasteiger partial charge in [-0.25, -0.2) is 4.68 Å². The number of hydrogen-bond donors (Lipinski definition) is 1. The number of rotatable bonds is 4. The van der Waals surface area contributed by atoms with Crippen LogP contribution in [-0.4, -0.2) is 9.78 Å². The van der Waals surface area contributed by atoms with Gasteiger partial charge >= 0.3 is 0 Å². The lowest BCUT2D eigenvalue weighted by molar-refractivity contribution is 0.515. The van der Waals surface area contributed by atoms with Crippen molar-refractivity contribution in [2.75, 3.05) is 0 Å². The van der Waals surface area contributed by atoms with E-state index in [0.717, 1.165) is 23.2 Å². The maximum Gasteiger partial charge on any atom is 0.270 e. The molecule has 0 radical (unpaired) electrons. The predicted octanol–water partition coefficient (Wildman–Crippen LogP) is 3.93. The summed E-state index contributed by atoms with van der Waals surface area (Å²) in [4.78, 5) is 12.6. The molecule has 0 spiro atoms. The lowest BCUT2D eigenvalue weighted by Gasteiger charge is -2.06. The van der Waals surface area contributed by atoms with E-state index in [0.29, 0.717) is 5.92 Å². The molecule has 0 saturated carbocycles. The minimum Gasteiger partial charge on any atom is -0.294 e. The molecule has 0 aliphatic heterocycles. The van der Waals surface area contributed by atoms with Crippen LogP contribution in [0.1, 0.15) is 44.9 Å². The van der Waals surface area contributed by atoms with Crippen molar-refractivity contribution in [3.05, 3.63) is 45.7 Å². The van der Waals surface area contributed by atoms with Gasteiger partial charge in [0.2, 0.25) is 0 Å². The second-order valence-corrected chi connectivity index (χ2v) is 6.20. The molecule has 0 bridgehead atoms. The Bertz CT molecular complexity index is 647. The van der Waals surface area contributed by atoms with Crippen LogP contribution in [0.5, 0.6) is 0 Å². The molecule has 2 aromatic rings. The number of aromatic nitrogens is 2. The standard InChI is InChI=1S/C17H24N2O/c1-11(2)9-15-16(14-8-6-7-13(5)10-14)18-19(12(3)4)17(15)20/h6-8,10-12,18H,9H2,1-5H3. The van der Waals surface area contributed by atoms with Crippen LogP contribution in [0.15, 0.2) is 29.1 Å². The average molecular weight is 272 g/mol. The zero-order valence-corrected chi connectivity index (χ0v) is 13.0. The number of H-pyrrole nitrogens is 1. The van der Waals surface area contributed by atoms with Crippen LogP contribution < -0.4 is 5.56 Å². The fourth-order valence-electron chi connectivity index (χ4n) is 2.49. The molecule has 0 fully saturated rings. The number of hydrogen-bond acceptors (Lipinski definition) is 1. The van der Waals surface area contributed by atoms with Crippen molar-refractivity contribution in [1.29, 1.82) is 0 Å². The fourth-order valence-corrected chi connectivity index (χ4v) is 2.49. The maximum atomic E-state index is 12.6. The van der Waals surface area contributed by atoms with Gasteiger partial charge in [0, 0.05) is 17.2 Å². The monoisotopic (exact) mass is 272 g/mol. The summed E-state index contributed by atoms with van der Waals surface area (Å²) in [5, 5.41) is 3.30. The van der Waals surface area contributed by atoms with E-state index >= 15 is 0 Å². The molecule has 108 valence electrons. The molecule has 0 saturated heterocycles. The Balaban J connectivity index is 2.62. The number of aryl methyl sites for hydroxylation is 1. The average Bonchev–Trinajstić information content (AvgIpc) is 2.67. The van der Waals surface area contributed by atoms with Gasteiger partial charge in [-0.15, -0.1) is 0 Å². The van der Waals surface area contributed by atoms with Crippen LogP contribution in [0.4, 0.5) is 0 Å². The molecule has 1 aromatic heterocycles. The van der Waals surface area contributed by atoms with Crippen LogP contribution in [-0.2, 0) is 6.42 Å². The van der Waals surface area contributed by atoms with Crippen molar-refractivity contribution >= 4 is 0 Å². The minimum atomic E-state index is 0.116. The molecule has 20 heavy (non-hydrogen) atoms. The third-order valence-corrected chi connectivity index (χ3v) is 3.45. The third-order valence-electron chi connectivity index (χ3n) is 3.45. The molecule has 1 heterocycles. The van der Waals surface area contributed by atoms with Crippen molar-refractivity contribution in [3.8, 4) is 11.3 Å². The van der Waals surface area contributed by atoms with E-state index in [4.69, 9.17) is 0 Å². The zero-order chi connectivity index (χ0) is 14.9. The highest BCUT2D eigenvalue weighted by atomic mass is 16.1. The minimum absolute atomic E-state index is 0.116. The molecule has 0 aliphatic rings. The summed E-state index contributed by atoms with van der Waals surface area (Å²) in [6, 6.07) is 8.44. The molecule has 0 aliphatic carbocycles. The number of nitrogens with one attached hydrogen (secondary N) is 1. The van der Waals surface area contributed by atoms with Crippen molar-refractivity contribution in [2.45, 2.75) is 47.1 Å². The zero-order valence-electron chi connectivity index (χ0n) is 13.0. The first-order valence-electron chi connectivity index (χ1n) is 7.30. The van der Waals surface area contributed by atoms with Crippen LogP contribution in [0.2, 0.25) is 0 Å². The number of nitrogens with zero attached hydrogens (tertiary/aromatic N) is 1. The van der Waals surface area contributed by atoms with Crippen molar-refractivity contribution < 1.29 is 0 Å². The molecule has 3 heteroatoms. The van der Waals surface area contributed by atoms with Crippen LogP contribution in [0.3, 0.4) is 0 Å². The highest BCUT2D eigenvalue weighted by Gasteiger charge is 2.18. The first-order chi connectivity index (χ1) is 9.40. The lowest BCUT2D eigenvalue weighted by Crippen LogP contribution is -2.21. The van der Waals surface area contributed by atoms with E-state index in [1.807, 2.05) is 19.9 Å². The van der Waals surface area contributed by atoms with Gasteiger partial charge in [-0.3, -0.25) is 9.89 Å². The van der Waals surface area contributed by atoms with E-state index in [2.05, 4.69) is 44.1 Å². The molecule has 1 aromatic carbocycles. The Kier molecular flexibility index (Phi) is 4.17. The van der Waals surface area contributed by atoms with Gasteiger partial charge in [0.05, 0.1) is 5.69 Å². The molecular formula is C17H24N2O. The summed E-state index contributed by atoms with van der Waals surface area (Å²) in [7, 11) is 0. The Morgan fingerprint density at radius 3 is 2.45 bits per heavy atom. The normalized spacial score (nSPS) is 11.6. The predicted molar refractivity (Wildman–Crippen MR) is 84.2 cm³/mol. The van der Waals surface area contributed by atoms with Gasteiger partial charge < -0.3 is 0 Å². The highest BCUT2D eigenvalue weighted by Crippen LogP contribution is 2.23. The molecule has 0 unspecified atom stereocenters. The number of aromatic amines is 1. The smallest absolute Gasteiger partial charge is 0.270 e. The second-order valence-electron chi connectivity index (χ2n) is 6.20. The Hall–Kier alpha value is -1.77. The van der Waals surface area contributed by atoms with E-state index in [1.54, 1.807) is 4.68 Å². The van der Waals surface area contributed by atoms with Gasteiger partial charge in [-0.05, 0) is 39.2 Å². The van der Waals surface area contributed by atoms with E-state index in [9.17, 15) is 4.79 Å². The van der Waals surface area contributed by atoms with Crippen molar-refractivity contribution in [3.63, 3.8) is 0 Å². The summed E-state index contributed by atoms with van der Waals surface area (Å²) >= 11 is 0. The van der Waals surface area contributed by atoms with E-state index in [1.165, 1.54) is 5.56 Å². The summed E-state index contributed by atoms with van der Waals surface area (Å²) in [5.41, 5.74) is 4.29. The molecule has 0 atom stereocenters. The van der Waals surface area contributed by atoms with Gasteiger partial charge in [-0.1, -0.05) is 37.6 Å². The van der Waals surface area contributed by atoms with Gasteiger partial charge in [0.25, 0.3) is 5.56 Å². The van der Waals surface area contributed by atoms with E-state index < -0.39 is 0 Å². The molecule has 0 amide bonds. The van der Waals surface area contributed by atoms with Crippen LogP contribution >= 0.6 is 0 Å². The van der Waals surface area contributed by atoms with Crippen LogP contribution in [0.25, 0.3) is 11.3 Å². The topological polar surface area (TPSA) is 37.8 Å². The summed E-state index contributed by atoms with van der Waals surface area (Å²) in [6.07, 6.45) is 0.804. The summed E-state index contributed by atoms with van der Waals surface area (Å²) in [6.45, 7) is 10.4. The third kappa shape index (κ3) is 2.87. The molecule has 1 N–H and O–H groups in total. The van der Waals surface area contributed by atoms with Gasteiger partial charge in [0.1, 0.15) is 0 Å². The van der Waals surface area contributed by atoms with E-state index in [-0.39, 0.29) is 11.6 Å². The second kappa shape index (κ2) is 5.70. The molecular weight excluding hydrogens is 248 g/mol. The maximum absolute atomic E-state index is 12.6. The van der Waals surface area contributed by atoms with Crippen LogP contribution in [0, 0.1) is 12.8 Å². The lowest BCUT2D eigenvalue weighted by atomic mass is 9.99. The van der Waals surface area contributed by atoms with Gasteiger partial charge in [-0.2, -0.15) is 0 Å². The summed E-state index contributed by atoms with van der Waals surface area (Å²) in [5.74, 6) is 0.461. The highest BCUT2D eigenvalue weighted by molar-refractivity contribution is 5.63. The summed E-state index contributed by atoms with van der Waals surface area (Å²) < 4.78 is 1.73. The van der Waals surface area contributed by atoms with Crippen molar-refractivity contribution in [1.82, 2.24) is 9.78 Å². The Labute approximate surface area is 120 Å². The molecule has 3 nitrogen and oxygen atoms in total. The first kappa shape index (κ1) is 14.6. The fraction of sp³-hybridized carbons (Fsp3) is 0.471.